The third-order valence-electron chi connectivity index (χ3n) is 6.11. The van der Waals surface area contributed by atoms with E-state index in [9.17, 15) is 26.0 Å². The minimum Gasteiger partial charge on any atom is -0.495 e. The van der Waals surface area contributed by atoms with Crippen molar-refractivity contribution in [2.45, 2.75) is 56.3 Å². The number of aromatic nitrogens is 2. The molecule has 0 saturated heterocycles. The first-order valence-electron chi connectivity index (χ1n) is 11.4. The Hall–Kier alpha value is -2.44. The molecule has 0 bridgehead atoms. The van der Waals surface area contributed by atoms with Crippen molar-refractivity contribution < 1.29 is 30.7 Å². The molecule has 1 aliphatic carbocycles. The maximum atomic E-state index is 13.9. The van der Waals surface area contributed by atoms with Crippen molar-refractivity contribution in [3.05, 3.63) is 64.0 Å². The van der Waals surface area contributed by atoms with Crippen LogP contribution in [-0.2, 0) is 21.7 Å². The van der Waals surface area contributed by atoms with Gasteiger partial charge >= 0.3 is 6.18 Å². The molecule has 2 aromatic carbocycles. The Morgan fingerprint density at radius 2 is 1.81 bits per heavy atom. The number of sulfonamides is 1. The van der Waals surface area contributed by atoms with Crippen LogP contribution in [0, 0.1) is 11.7 Å². The van der Waals surface area contributed by atoms with Crippen LogP contribution in [0.1, 0.15) is 50.8 Å². The molecule has 4 rings (SSSR count). The molecule has 1 saturated carbocycles. The van der Waals surface area contributed by atoms with E-state index >= 15 is 0 Å². The van der Waals surface area contributed by atoms with Gasteiger partial charge in [0.05, 0.1) is 36.1 Å². The maximum absolute atomic E-state index is 13.9. The largest absolute Gasteiger partial charge is 0.495 e. The number of alkyl halides is 3. The van der Waals surface area contributed by atoms with Gasteiger partial charge in [0.15, 0.2) is 0 Å². The second-order valence-corrected chi connectivity index (χ2v) is 12.5. The maximum Gasteiger partial charge on any atom is 0.416 e. The molecule has 1 atom stereocenters. The van der Waals surface area contributed by atoms with Crippen molar-refractivity contribution in [2.75, 3.05) is 7.11 Å². The molecule has 0 amide bonds. The van der Waals surface area contributed by atoms with Crippen molar-refractivity contribution in [1.29, 1.82) is 0 Å². The minimum atomic E-state index is -4.65. The SMILES string of the molecule is COc1cc(C(F)(F)F)ccc1S(=O)(=O)N[C@@H](c1cnn(C(C)(C)C)c1-c1ccc(F)cc1Br)C1CC1. The zero-order valence-corrected chi connectivity index (χ0v) is 22.9. The second-order valence-electron chi connectivity index (χ2n) is 9.96. The Morgan fingerprint density at radius 1 is 1.14 bits per heavy atom. The molecular weight excluding hydrogens is 578 g/mol. The predicted molar refractivity (Wildman–Crippen MR) is 134 cm³/mol. The predicted octanol–water partition coefficient (Wildman–Crippen LogP) is 6.66. The van der Waals surface area contributed by atoms with E-state index in [-0.39, 0.29) is 5.92 Å². The van der Waals surface area contributed by atoms with Gasteiger partial charge in [-0.15, -0.1) is 0 Å². The van der Waals surface area contributed by atoms with Crippen LogP contribution >= 0.6 is 15.9 Å². The zero-order chi connectivity index (χ0) is 27.3. The molecule has 37 heavy (non-hydrogen) atoms. The van der Waals surface area contributed by atoms with E-state index < -0.39 is 49.8 Å². The number of hydrogen-bond acceptors (Lipinski definition) is 4. The lowest BCUT2D eigenvalue weighted by atomic mass is 9.98. The molecular formula is C25H26BrF4N3O3S. The summed E-state index contributed by atoms with van der Waals surface area (Å²) in [5.74, 6) is -0.901. The molecule has 0 radical (unpaired) electrons. The first-order valence-corrected chi connectivity index (χ1v) is 13.7. The van der Waals surface area contributed by atoms with E-state index in [1.54, 1.807) is 16.9 Å². The van der Waals surface area contributed by atoms with Gasteiger partial charge in [-0.05, 0) is 91.9 Å². The van der Waals surface area contributed by atoms with Crippen molar-refractivity contribution in [2.24, 2.45) is 5.92 Å². The molecule has 0 unspecified atom stereocenters. The minimum absolute atomic E-state index is 0.0502. The van der Waals surface area contributed by atoms with Crippen LogP contribution in [-0.4, -0.2) is 25.3 Å². The second kappa shape index (κ2) is 9.70. The molecule has 1 aliphatic rings. The highest BCUT2D eigenvalue weighted by molar-refractivity contribution is 9.10. The summed E-state index contributed by atoms with van der Waals surface area (Å²) in [6.07, 6.45) is -1.56. The van der Waals surface area contributed by atoms with Crippen LogP contribution in [0.25, 0.3) is 11.3 Å². The van der Waals surface area contributed by atoms with E-state index in [1.165, 1.54) is 12.1 Å². The van der Waals surface area contributed by atoms with Crippen LogP contribution in [0.5, 0.6) is 5.75 Å². The molecule has 1 heterocycles. The fourth-order valence-electron chi connectivity index (χ4n) is 4.19. The number of rotatable bonds is 7. The Morgan fingerprint density at radius 3 is 2.35 bits per heavy atom. The normalized spacial score (nSPS) is 15.6. The van der Waals surface area contributed by atoms with Crippen molar-refractivity contribution >= 4 is 26.0 Å². The Bertz CT molecular complexity index is 1430. The van der Waals surface area contributed by atoms with Gasteiger partial charge in [0.25, 0.3) is 0 Å². The average molecular weight is 604 g/mol. The van der Waals surface area contributed by atoms with Crippen LogP contribution in [0.4, 0.5) is 17.6 Å². The molecule has 1 N–H and O–H groups in total. The van der Waals surface area contributed by atoms with Crippen molar-refractivity contribution in [3.63, 3.8) is 0 Å². The van der Waals surface area contributed by atoms with E-state index in [2.05, 4.69) is 25.8 Å². The third-order valence-corrected chi connectivity index (χ3v) is 8.25. The van der Waals surface area contributed by atoms with Gasteiger partial charge in [-0.2, -0.15) is 18.3 Å². The van der Waals surface area contributed by atoms with Crippen molar-refractivity contribution in [3.8, 4) is 17.0 Å². The topological polar surface area (TPSA) is 73.2 Å². The van der Waals surface area contributed by atoms with E-state index in [0.29, 0.717) is 33.4 Å². The van der Waals surface area contributed by atoms with E-state index in [1.807, 2.05) is 20.8 Å². The summed E-state index contributed by atoms with van der Waals surface area (Å²) in [5.41, 5.74) is 0.306. The number of hydrogen-bond donors (Lipinski definition) is 1. The van der Waals surface area contributed by atoms with Crippen LogP contribution < -0.4 is 9.46 Å². The third kappa shape index (κ3) is 5.70. The molecule has 0 aliphatic heterocycles. The molecule has 12 heteroatoms. The first kappa shape index (κ1) is 27.6. The van der Waals surface area contributed by atoms with Crippen LogP contribution in [0.3, 0.4) is 0 Å². The lowest BCUT2D eigenvalue weighted by Gasteiger charge is -2.26. The number of halogens is 5. The summed E-state index contributed by atoms with van der Waals surface area (Å²) in [5, 5.41) is 4.55. The summed E-state index contributed by atoms with van der Waals surface area (Å²) < 4.78 is 90.4. The fraction of sp³-hybridized carbons (Fsp3) is 0.400. The molecule has 6 nitrogen and oxygen atoms in total. The van der Waals surface area contributed by atoms with Crippen LogP contribution in [0.2, 0.25) is 0 Å². The van der Waals surface area contributed by atoms with Crippen LogP contribution in [0.15, 0.2) is 52.0 Å². The molecule has 3 aromatic rings. The van der Waals surface area contributed by atoms with E-state index in [0.717, 1.165) is 26.0 Å². The highest BCUT2D eigenvalue weighted by Crippen LogP contribution is 2.46. The summed E-state index contributed by atoms with van der Waals surface area (Å²) in [6.45, 7) is 5.82. The summed E-state index contributed by atoms with van der Waals surface area (Å²) >= 11 is 3.42. The Labute approximate surface area is 221 Å². The lowest BCUT2D eigenvalue weighted by molar-refractivity contribution is -0.137. The van der Waals surface area contributed by atoms with Gasteiger partial charge in [0.1, 0.15) is 16.5 Å². The highest BCUT2D eigenvalue weighted by atomic mass is 79.9. The zero-order valence-electron chi connectivity index (χ0n) is 20.5. The van der Waals surface area contributed by atoms with Gasteiger partial charge in [-0.3, -0.25) is 4.68 Å². The number of nitrogens with one attached hydrogen (secondary N) is 1. The van der Waals surface area contributed by atoms with Gasteiger partial charge in [-0.25, -0.2) is 17.5 Å². The quantitative estimate of drug-likeness (QED) is 0.306. The molecule has 1 aromatic heterocycles. The van der Waals surface area contributed by atoms with E-state index in [4.69, 9.17) is 4.74 Å². The van der Waals surface area contributed by atoms with Gasteiger partial charge in [-0.1, -0.05) is 0 Å². The Kier molecular flexibility index (Phi) is 7.23. The standard InChI is InChI=1S/C25H26BrF4N3O3S/c1-24(2,3)33-23(17-9-8-16(27)12-19(17)26)18(13-31-33)22(14-5-6-14)32-37(34,35)21-10-7-15(25(28,29)30)11-20(21)36-4/h7-14,22,32H,5-6H2,1-4H3/t22-/m1/s1. The van der Waals surface area contributed by atoms with Gasteiger partial charge < -0.3 is 4.74 Å². The summed E-state index contributed by atoms with van der Waals surface area (Å²) in [7, 11) is -3.20. The smallest absolute Gasteiger partial charge is 0.416 e. The first-order chi connectivity index (χ1) is 17.1. The molecule has 1 fully saturated rings. The molecule has 0 spiro atoms. The summed E-state index contributed by atoms with van der Waals surface area (Å²) in [6, 6.07) is 5.78. The fourth-order valence-corrected chi connectivity index (χ4v) is 6.16. The monoisotopic (exact) mass is 603 g/mol. The average Bonchev–Trinajstić information content (AvgIpc) is 3.54. The summed E-state index contributed by atoms with van der Waals surface area (Å²) in [4.78, 5) is -0.402. The lowest BCUT2D eigenvalue weighted by Crippen LogP contribution is -2.31. The highest BCUT2D eigenvalue weighted by Gasteiger charge is 2.40. The van der Waals surface area contributed by atoms with Gasteiger partial charge in [0, 0.05) is 15.6 Å². The number of benzene rings is 2. The Balaban J connectivity index is 1.82. The van der Waals surface area contributed by atoms with Crippen molar-refractivity contribution in [1.82, 2.24) is 14.5 Å². The molecule has 200 valence electrons. The number of nitrogens with zero attached hydrogens (tertiary/aromatic N) is 2. The number of methoxy groups -OCH3 is 1. The van der Waals surface area contributed by atoms with Gasteiger partial charge in [0.2, 0.25) is 10.0 Å². The number of ether oxygens (including phenoxy) is 1.